The lowest BCUT2D eigenvalue weighted by atomic mass is 9.90. The van der Waals surface area contributed by atoms with E-state index in [4.69, 9.17) is 15.2 Å². The first-order valence-electron chi connectivity index (χ1n) is 6.91. The molecule has 4 nitrogen and oxygen atoms in total. The summed E-state index contributed by atoms with van der Waals surface area (Å²) < 4.78 is 10.7. The van der Waals surface area contributed by atoms with Crippen LogP contribution in [0, 0.1) is 5.92 Å². The van der Waals surface area contributed by atoms with Crippen LogP contribution in [-0.4, -0.2) is 40.0 Å². The normalized spacial score (nSPS) is 18.1. The number of ether oxygens (including phenoxy) is 2. The van der Waals surface area contributed by atoms with E-state index in [1.54, 1.807) is 7.11 Å². The molecule has 2 rings (SSSR count). The van der Waals surface area contributed by atoms with Crippen molar-refractivity contribution in [2.24, 2.45) is 11.7 Å². The van der Waals surface area contributed by atoms with Gasteiger partial charge in [-0.2, -0.15) is 0 Å². The van der Waals surface area contributed by atoms with E-state index in [2.05, 4.69) is 24.1 Å². The van der Waals surface area contributed by atoms with Gasteiger partial charge < -0.3 is 20.1 Å². The van der Waals surface area contributed by atoms with Gasteiger partial charge in [-0.15, -0.1) is 0 Å². The Balaban J connectivity index is 2.12. The summed E-state index contributed by atoms with van der Waals surface area (Å²) in [5, 5.41) is 0. The molecule has 106 valence electrons. The lowest BCUT2D eigenvalue weighted by molar-refractivity contribution is 0.0588. The van der Waals surface area contributed by atoms with Gasteiger partial charge in [-0.25, -0.2) is 0 Å². The highest BCUT2D eigenvalue weighted by Gasteiger charge is 2.26. The van der Waals surface area contributed by atoms with Crippen LogP contribution < -0.4 is 15.4 Å². The molecule has 1 atom stereocenters. The zero-order chi connectivity index (χ0) is 13.7. The zero-order valence-electron chi connectivity index (χ0n) is 11.8. The molecule has 1 aliphatic heterocycles. The molecule has 0 aliphatic carbocycles. The number of nitrogens with zero attached hydrogens (tertiary/aromatic N) is 1. The van der Waals surface area contributed by atoms with Gasteiger partial charge in [-0.05, 0) is 30.9 Å². The highest BCUT2D eigenvalue weighted by molar-refractivity contribution is 5.51. The number of likely N-dealkylation sites (N-methyl/N-ethyl adjacent to an activating group) is 1. The molecule has 0 saturated carbocycles. The molecule has 0 aromatic heterocycles. The van der Waals surface area contributed by atoms with Crippen molar-refractivity contribution in [2.75, 3.05) is 38.8 Å². The Kier molecular flexibility index (Phi) is 5.05. The molecule has 1 aromatic carbocycles. The fourth-order valence-electron chi connectivity index (χ4n) is 2.79. The molecule has 0 bridgehead atoms. The van der Waals surface area contributed by atoms with Gasteiger partial charge in [0.05, 0.1) is 7.11 Å². The maximum absolute atomic E-state index is 6.00. The minimum atomic E-state index is 0.357. The molecule has 19 heavy (non-hydrogen) atoms. The Hall–Kier alpha value is -1.26. The largest absolute Gasteiger partial charge is 0.497 e. The first kappa shape index (κ1) is 14.2. The van der Waals surface area contributed by atoms with E-state index in [1.807, 2.05) is 12.1 Å². The molecule has 1 fully saturated rings. The van der Waals surface area contributed by atoms with E-state index in [0.29, 0.717) is 18.5 Å². The van der Waals surface area contributed by atoms with Gasteiger partial charge in [-0.3, -0.25) is 0 Å². The molecule has 0 amide bonds. The SMILES string of the molecule is COc1cccc(N(C)C(CN)C2CCOCC2)c1. The number of methoxy groups -OCH3 is 1. The number of benzene rings is 1. The topological polar surface area (TPSA) is 47.7 Å². The van der Waals surface area contributed by atoms with Crippen LogP contribution in [0.1, 0.15) is 12.8 Å². The summed E-state index contributed by atoms with van der Waals surface area (Å²) in [6, 6.07) is 8.49. The average molecular weight is 264 g/mol. The summed E-state index contributed by atoms with van der Waals surface area (Å²) in [5.41, 5.74) is 7.15. The van der Waals surface area contributed by atoms with Crippen molar-refractivity contribution in [3.63, 3.8) is 0 Å². The van der Waals surface area contributed by atoms with E-state index in [0.717, 1.165) is 37.5 Å². The number of hydrogen-bond acceptors (Lipinski definition) is 4. The number of hydrogen-bond donors (Lipinski definition) is 1. The first-order chi connectivity index (χ1) is 9.26. The maximum Gasteiger partial charge on any atom is 0.120 e. The van der Waals surface area contributed by atoms with Gasteiger partial charge in [0, 0.05) is 44.6 Å². The fourth-order valence-corrected chi connectivity index (χ4v) is 2.79. The summed E-state index contributed by atoms with van der Waals surface area (Å²) in [5.74, 6) is 1.49. The molecular formula is C15H24N2O2. The van der Waals surface area contributed by atoms with E-state index in [9.17, 15) is 0 Å². The average Bonchev–Trinajstić information content (AvgIpc) is 2.49. The van der Waals surface area contributed by atoms with Gasteiger partial charge in [0.25, 0.3) is 0 Å². The van der Waals surface area contributed by atoms with Crippen LogP contribution >= 0.6 is 0 Å². The van der Waals surface area contributed by atoms with Crippen molar-refractivity contribution in [2.45, 2.75) is 18.9 Å². The summed E-state index contributed by atoms with van der Waals surface area (Å²) >= 11 is 0. The van der Waals surface area contributed by atoms with Crippen molar-refractivity contribution >= 4 is 5.69 Å². The molecule has 1 saturated heterocycles. The molecule has 1 aromatic rings. The minimum Gasteiger partial charge on any atom is -0.497 e. The second-order valence-corrected chi connectivity index (χ2v) is 5.07. The van der Waals surface area contributed by atoms with Crippen molar-refractivity contribution < 1.29 is 9.47 Å². The molecule has 0 radical (unpaired) electrons. The van der Waals surface area contributed by atoms with Gasteiger partial charge >= 0.3 is 0 Å². The Morgan fingerprint density at radius 2 is 2.16 bits per heavy atom. The van der Waals surface area contributed by atoms with Crippen molar-refractivity contribution in [1.29, 1.82) is 0 Å². The lowest BCUT2D eigenvalue weighted by Gasteiger charge is -2.37. The number of nitrogens with two attached hydrogens (primary N) is 1. The van der Waals surface area contributed by atoms with E-state index < -0.39 is 0 Å². The van der Waals surface area contributed by atoms with Crippen LogP contribution in [0.25, 0.3) is 0 Å². The number of anilines is 1. The van der Waals surface area contributed by atoms with Gasteiger partial charge in [0.2, 0.25) is 0 Å². The predicted molar refractivity (Wildman–Crippen MR) is 77.8 cm³/mol. The summed E-state index contributed by atoms with van der Waals surface area (Å²) in [4.78, 5) is 2.28. The van der Waals surface area contributed by atoms with Crippen LogP contribution in [-0.2, 0) is 4.74 Å². The Morgan fingerprint density at radius 3 is 2.79 bits per heavy atom. The summed E-state index contributed by atoms with van der Waals surface area (Å²) in [6.45, 7) is 2.37. The zero-order valence-corrected chi connectivity index (χ0v) is 11.8. The quantitative estimate of drug-likeness (QED) is 0.882. The Labute approximate surface area is 115 Å². The van der Waals surface area contributed by atoms with Crippen LogP contribution in [0.5, 0.6) is 5.75 Å². The predicted octanol–water partition coefficient (Wildman–Crippen LogP) is 1.89. The van der Waals surface area contributed by atoms with Crippen LogP contribution in [0.4, 0.5) is 5.69 Å². The van der Waals surface area contributed by atoms with Gasteiger partial charge in [0.1, 0.15) is 5.75 Å². The number of rotatable bonds is 5. The van der Waals surface area contributed by atoms with Crippen LogP contribution in [0.2, 0.25) is 0 Å². The lowest BCUT2D eigenvalue weighted by Crippen LogP contribution is -2.45. The standard InChI is InChI=1S/C15H24N2O2/c1-17(13-4-3-5-14(10-13)18-2)15(11-16)12-6-8-19-9-7-12/h3-5,10,12,15H,6-9,11,16H2,1-2H3. The molecule has 1 aliphatic rings. The van der Waals surface area contributed by atoms with Gasteiger partial charge in [0.15, 0.2) is 0 Å². The molecule has 1 heterocycles. The molecule has 0 spiro atoms. The highest BCUT2D eigenvalue weighted by atomic mass is 16.5. The van der Waals surface area contributed by atoms with E-state index in [1.165, 1.54) is 0 Å². The van der Waals surface area contributed by atoms with Crippen molar-refractivity contribution in [3.8, 4) is 5.75 Å². The highest BCUT2D eigenvalue weighted by Crippen LogP contribution is 2.27. The molecule has 2 N–H and O–H groups in total. The minimum absolute atomic E-state index is 0.357. The third kappa shape index (κ3) is 3.39. The van der Waals surface area contributed by atoms with Crippen molar-refractivity contribution in [3.05, 3.63) is 24.3 Å². The van der Waals surface area contributed by atoms with Crippen molar-refractivity contribution in [1.82, 2.24) is 0 Å². The first-order valence-corrected chi connectivity index (χ1v) is 6.91. The second kappa shape index (κ2) is 6.78. The molecule has 1 unspecified atom stereocenters. The van der Waals surface area contributed by atoms with E-state index in [-0.39, 0.29) is 0 Å². The monoisotopic (exact) mass is 264 g/mol. The third-order valence-corrected chi connectivity index (χ3v) is 4.01. The smallest absolute Gasteiger partial charge is 0.120 e. The maximum atomic E-state index is 6.00. The summed E-state index contributed by atoms with van der Waals surface area (Å²) in [6.07, 6.45) is 2.19. The second-order valence-electron chi connectivity index (χ2n) is 5.07. The van der Waals surface area contributed by atoms with Crippen LogP contribution in [0.3, 0.4) is 0 Å². The molecule has 4 heteroatoms. The van der Waals surface area contributed by atoms with Crippen LogP contribution in [0.15, 0.2) is 24.3 Å². The summed E-state index contributed by atoms with van der Waals surface area (Å²) in [7, 11) is 3.81. The fraction of sp³-hybridized carbons (Fsp3) is 0.600. The van der Waals surface area contributed by atoms with E-state index >= 15 is 0 Å². The Morgan fingerprint density at radius 1 is 1.42 bits per heavy atom. The molecular weight excluding hydrogens is 240 g/mol. The Bertz CT molecular complexity index is 391. The van der Waals surface area contributed by atoms with Gasteiger partial charge in [-0.1, -0.05) is 6.07 Å². The third-order valence-electron chi connectivity index (χ3n) is 4.01.